The highest BCUT2D eigenvalue weighted by atomic mass is 79.9. The molecular formula is C10H13BrFNO. The third-order valence-electron chi connectivity index (χ3n) is 2.53. The standard InChI is InChI=1S/C10H13BrFNO/c11-10-2-1-9(14-10)7-13-5-3-8(12)4-6-13/h1-2,8H,3-7H2. The second-order valence-electron chi connectivity index (χ2n) is 3.66. The number of likely N-dealkylation sites (tertiary alicyclic amines) is 1. The Morgan fingerprint density at radius 3 is 2.71 bits per heavy atom. The van der Waals surface area contributed by atoms with Gasteiger partial charge in [0.1, 0.15) is 11.9 Å². The van der Waals surface area contributed by atoms with Gasteiger partial charge in [0, 0.05) is 13.1 Å². The van der Waals surface area contributed by atoms with Gasteiger partial charge in [-0.1, -0.05) is 0 Å². The van der Waals surface area contributed by atoms with Crippen LogP contribution in [0.5, 0.6) is 0 Å². The number of hydrogen-bond donors (Lipinski definition) is 0. The Bertz CT molecular complexity index is 294. The second kappa shape index (κ2) is 4.45. The van der Waals surface area contributed by atoms with Crippen LogP contribution in [-0.4, -0.2) is 24.2 Å². The number of piperidine rings is 1. The minimum Gasteiger partial charge on any atom is -0.453 e. The van der Waals surface area contributed by atoms with Crippen molar-refractivity contribution in [2.45, 2.75) is 25.6 Å². The van der Waals surface area contributed by atoms with Gasteiger partial charge in [0.05, 0.1) is 6.54 Å². The molecule has 1 fully saturated rings. The summed E-state index contributed by atoms with van der Waals surface area (Å²) in [5.41, 5.74) is 0. The first kappa shape index (κ1) is 10.2. The molecule has 0 amide bonds. The average molecular weight is 262 g/mol. The van der Waals surface area contributed by atoms with Crippen molar-refractivity contribution in [3.63, 3.8) is 0 Å². The van der Waals surface area contributed by atoms with Crippen molar-refractivity contribution in [1.29, 1.82) is 0 Å². The van der Waals surface area contributed by atoms with Gasteiger partial charge in [0.2, 0.25) is 0 Å². The van der Waals surface area contributed by atoms with Gasteiger partial charge in [-0.05, 0) is 40.9 Å². The smallest absolute Gasteiger partial charge is 0.169 e. The number of hydrogen-bond acceptors (Lipinski definition) is 2. The van der Waals surface area contributed by atoms with Crippen LogP contribution in [0.3, 0.4) is 0 Å². The number of furan rings is 1. The maximum Gasteiger partial charge on any atom is 0.169 e. The summed E-state index contributed by atoms with van der Waals surface area (Å²) in [6.07, 6.45) is 0.707. The maximum atomic E-state index is 12.8. The molecule has 0 aliphatic carbocycles. The van der Waals surface area contributed by atoms with Gasteiger partial charge >= 0.3 is 0 Å². The van der Waals surface area contributed by atoms with Crippen LogP contribution in [0.4, 0.5) is 4.39 Å². The van der Waals surface area contributed by atoms with Crippen LogP contribution in [-0.2, 0) is 6.54 Å². The lowest BCUT2D eigenvalue weighted by molar-refractivity contribution is 0.137. The fourth-order valence-electron chi connectivity index (χ4n) is 1.72. The molecule has 0 bridgehead atoms. The van der Waals surface area contributed by atoms with Gasteiger partial charge in [0.15, 0.2) is 4.67 Å². The molecule has 0 N–H and O–H groups in total. The van der Waals surface area contributed by atoms with Crippen molar-refractivity contribution >= 4 is 15.9 Å². The Labute approximate surface area is 91.2 Å². The zero-order valence-corrected chi connectivity index (χ0v) is 9.46. The van der Waals surface area contributed by atoms with E-state index in [1.165, 1.54) is 0 Å². The third-order valence-corrected chi connectivity index (χ3v) is 2.95. The predicted octanol–water partition coefficient (Wildman–Crippen LogP) is 2.98. The molecule has 0 atom stereocenters. The molecule has 1 aromatic rings. The van der Waals surface area contributed by atoms with Crippen molar-refractivity contribution in [1.82, 2.24) is 4.90 Å². The summed E-state index contributed by atoms with van der Waals surface area (Å²) in [6.45, 7) is 2.46. The van der Waals surface area contributed by atoms with Crippen molar-refractivity contribution in [2.24, 2.45) is 0 Å². The number of halogens is 2. The van der Waals surface area contributed by atoms with E-state index in [2.05, 4.69) is 20.8 Å². The monoisotopic (exact) mass is 261 g/mol. The summed E-state index contributed by atoms with van der Waals surface area (Å²) in [5.74, 6) is 0.939. The zero-order chi connectivity index (χ0) is 9.97. The summed E-state index contributed by atoms with van der Waals surface area (Å²) in [4.78, 5) is 2.22. The Morgan fingerprint density at radius 2 is 2.14 bits per heavy atom. The fourth-order valence-corrected chi connectivity index (χ4v) is 2.06. The summed E-state index contributed by atoms with van der Waals surface area (Å²) in [5, 5.41) is 0. The molecule has 4 heteroatoms. The van der Waals surface area contributed by atoms with Crippen LogP contribution in [0.25, 0.3) is 0 Å². The Morgan fingerprint density at radius 1 is 1.43 bits per heavy atom. The van der Waals surface area contributed by atoms with E-state index in [4.69, 9.17) is 4.42 Å². The van der Waals surface area contributed by atoms with Crippen molar-refractivity contribution in [3.05, 3.63) is 22.6 Å². The maximum absolute atomic E-state index is 12.8. The van der Waals surface area contributed by atoms with Crippen LogP contribution in [0.1, 0.15) is 18.6 Å². The van der Waals surface area contributed by atoms with Gasteiger partial charge < -0.3 is 4.42 Å². The van der Waals surface area contributed by atoms with Gasteiger partial charge in [-0.3, -0.25) is 4.90 Å². The zero-order valence-electron chi connectivity index (χ0n) is 7.88. The highest BCUT2D eigenvalue weighted by Gasteiger charge is 2.18. The SMILES string of the molecule is FC1CCN(Cc2ccc(Br)o2)CC1. The molecule has 2 nitrogen and oxygen atoms in total. The first-order chi connectivity index (χ1) is 6.74. The fraction of sp³-hybridized carbons (Fsp3) is 0.600. The Balaban J connectivity index is 1.86. The molecule has 0 unspecified atom stereocenters. The molecule has 1 aliphatic heterocycles. The van der Waals surface area contributed by atoms with Gasteiger partial charge in [-0.15, -0.1) is 0 Å². The molecule has 2 heterocycles. The Kier molecular flexibility index (Phi) is 3.23. The second-order valence-corrected chi connectivity index (χ2v) is 4.44. The van der Waals surface area contributed by atoms with E-state index in [0.29, 0.717) is 12.8 Å². The first-order valence-electron chi connectivity index (χ1n) is 4.84. The molecule has 1 aliphatic rings. The van der Waals surface area contributed by atoms with E-state index in [0.717, 1.165) is 30.1 Å². The third kappa shape index (κ3) is 2.58. The van der Waals surface area contributed by atoms with Crippen LogP contribution in [0, 0.1) is 0 Å². The normalized spacial score (nSPS) is 20.1. The summed E-state index contributed by atoms with van der Waals surface area (Å²) >= 11 is 3.26. The molecule has 0 saturated carbocycles. The molecule has 14 heavy (non-hydrogen) atoms. The molecule has 0 spiro atoms. The number of nitrogens with zero attached hydrogens (tertiary/aromatic N) is 1. The van der Waals surface area contributed by atoms with Gasteiger partial charge in [-0.2, -0.15) is 0 Å². The lowest BCUT2D eigenvalue weighted by Gasteiger charge is -2.27. The molecular weight excluding hydrogens is 249 g/mol. The van der Waals surface area contributed by atoms with E-state index < -0.39 is 6.17 Å². The van der Waals surface area contributed by atoms with Gasteiger partial charge in [-0.25, -0.2) is 4.39 Å². The van der Waals surface area contributed by atoms with Crippen molar-refractivity contribution in [2.75, 3.05) is 13.1 Å². The largest absolute Gasteiger partial charge is 0.453 e. The summed E-state index contributed by atoms with van der Waals surface area (Å²) < 4.78 is 19.0. The Hall–Kier alpha value is -0.350. The molecule has 78 valence electrons. The molecule has 1 aromatic heterocycles. The van der Waals surface area contributed by atoms with E-state index in [1.54, 1.807) is 0 Å². The predicted molar refractivity (Wildman–Crippen MR) is 55.8 cm³/mol. The topological polar surface area (TPSA) is 16.4 Å². The van der Waals surface area contributed by atoms with Crippen molar-refractivity contribution in [3.8, 4) is 0 Å². The summed E-state index contributed by atoms with van der Waals surface area (Å²) in [6, 6.07) is 3.84. The van der Waals surface area contributed by atoms with Crippen molar-refractivity contribution < 1.29 is 8.81 Å². The van der Waals surface area contributed by atoms with E-state index in [-0.39, 0.29) is 0 Å². The van der Waals surface area contributed by atoms with E-state index >= 15 is 0 Å². The molecule has 1 saturated heterocycles. The van der Waals surface area contributed by atoms with Crippen LogP contribution in [0.2, 0.25) is 0 Å². The first-order valence-corrected chi connectivity index (χ1v) is 5.64. The highest BCUT2D eigenvalue weighted by Crippen LogP contribution is 2.19. The molecule has 2 rings (SSSR count). The quantitative estimate of drug-likeness (QED) is 0.814. The highest BCUT2D eigenvalue weighted by molar-refractivity contribution is 9.10. The van der Waals surface area contributed by atoms with Gasteiger partial charge in [0.25, 0.3) is 0 Å². The number of rotatable bonds is 2. The van der Waals surface area contributed by atoms with E-state index in [9.17, 15) is 4.39 Å². The van der Waals surface area contributed by atoms with Crippen LogP contribution in [0.15, 0.2) is 21.2 Å². The molecule has 0 radical (unpaired) electrons. The minimum atomic E-state index is -0.602. The minimum absolute atomic E-state index is 0.602. The van der Waals surface area contributed by atoms with Crippen LogP contribution >= 0.6 is 15.9 Å². The van der Waals surface area contributed by atoms with E-state index in [1.807, 2.05) is 12.1 Å². The molecule has 0 aromatic carbocycles. The lowest BCUT2D eigenvalue weighted by Crippen LogP contribution is -2.33. The van der Waals surface area contributed by atoms with Crippen LogP contribution < -0.4 is 0 Å². The summed E-state index contributed by atoms with van der Waals surface area (Å²) in [7, 11) is 0. The lowest BCUT2D eigenvalue weighted by atomic mass is 10.1. The number of alkyl halides is 1. The average Bonchev–Trinajstić information content (AvgIpc) is 2.56.